The van der Waals surface area contributed by atoms with Gasteiger partial charge in [0, 0.05) is 62.4 Å². The molecule has 1 saturated carbocycles. The molecule has 6 nitrogen and oxygen atoms in total. The van der Waals surface area contributed by atoms with E-state index in [1.54, 1.807) is 0 Å². The Morgan fingerprint density at radius 1 is 0.852 bits per heavy atom. The van der Waals surface area contributed by atoms with Gasteiger partial charge in [-0.05, 0) is 49.9 Å². The number of piperidine rings is 1. The minimum Gasteiger partial charge on any atom is -0.368 e. The van der Waals surface area contributed by atoms with E-state index in [-0.39, 0.29) is 11.8 Å². The van der Waals surface area contributed by atoms with Gasteiger partial charge in [0.2, 0.25) is 5.91 Å². The first-order chi connectivity index (χ1) is 13.2. The van der Waals surface area contributed by atoms with Crippen LogP contribution in [0.1, 0.15) is 36.0 Å². The van der Waals surface area contributed by atoms with Gasteiger partial charge in [-0.25, -0.2) is 0 Å². The predicted octanol–water partition coefficient (Wildman–Crippen LogP) is 2.12. The molecule has 0 N–H and O–H groups in total. The van der Waals surface area contributed by atoms with Crippen LogP contribution in [0.25, 0.3) is 0 Å². The minimum absolute atomic E-state index is 0.0535. The van der Waals surface area contributed by atoms with Gasteiger partial charge in [0.1, 0.15) is 0 Å². The number of carbonyl (C=O) groups excluding carboxylic acids is 2. The topological polar surface area (TPSA) is 67.7 Å². The Labute approximate surface area is 160 Å². The Morgan fingerprint density at radius 3 is 2.04 bits per heavy atom. The standard InChI is InChI=1S/C21H26N4O2/c22-15-16-7-9-24(10-8-16)20(26)18-3-5-19(6-4-18)23-11-13-25(14-12-23)21(27)17-1-2-17/h3-6,16-17H,1-2,7-14H2. The number of amides is 2. The van der Waals surface area contributed by atoms with Gasteiger partial charge < -0.3 is 14.7 Å². The molecule has 2 heterocycles. The van der Waals surface area contributed by atoms with Gasteiger partial charge in [-0.2, -0.15) is 5.26 Å². The lowest BCUT2D eigenvalue weighted by Gasteiger charge is -2.36. The smallest absolute Gasteiger partial charge is 0.253 e. The van der Waals surface area contributed by atoms with Crippen molar-refractivity contribution in [1.82, 2.24) is 9.80 Å². The highest BCUT2D eigenvalue weighted by atomic mass is 16.2. The highest BCUT2D eigenvalue weighted by molar-refractivity contribution is 5.94. The number of likely N-dealkylation sites (tertiary alicyclic amines) is 1. The highest BCUT2D eigenvalue weighted by Gasteiger charge is 2.34. The maximum atomic E-state index is 12.7. The largest absolute Gasteiger partial charge is 0.368 e. The fraction of sp³-hybridized carbons (Fsp3) is 0.571. The van der Waals surface area contributed by atoms with E-state index in [0.29, 0.717) is 30.5 Å². The Bertz CT molecular complexity index is 734. The molecule has 0 unspecified atom stereocenters. The van der Waals surface area contributed by atoms with Crippen molar-refractivity contribution in [2.45, 2.75) is 25.7 Å². The molecule has 0 atom stereocenters. The Balaban J connectivity index is 1.32. The van der Waals surface area contributed by atoms with Crippen molar-refractivity contribution in [2.75, 3.05) is 44.2 Å². The SMILES string of the molecule is N#CC1CCN(C(=O)c2ccc(N3CCN(C(=O)C4CC4)CC3)cc2)CC1. The van der Waals surface area contributed by atoms with E-state index >= 15 is 0 Å². The van der Waals surface area contributed by atoms with Crippen LogP contribution in [0, 0.1) is 23.2 Å². The maximum Gasteiger partial charge on any atom is 0.253 e. The molecule has 3 aliphatic rings. The highest BCUT2D eigenvalue weighted by Crippen LogP contribution is 2.31. The van der Waals surface area contributed by atoms with Crippen LogP contribution in [0.3, 0.4) is 0 Å². The van der Waals surface area contributed by atoms with E-state index < -0.39 is 0 Å². The quantitative estimate of drug-likeness (QED) is 0.822. The van der Waals surface area contributed by atoms with Crippen molar-refractivity contribution < 1.29 is 9.59 Å². The van der Waals surface area contributed by atoms with E-state index in [1.165, 1.54) is 0 Å². The molecular formula is C21H26N4O2. The second-order valence-electron chi connectivity index (χ2n) is 7.83. The number of hydrogen-bond donors (Lipinski definition) is 0. The summed E-state index contributed by atoms with van der Waals surface area (Å²) in [5.74, 6) is 0.760. The van der Waals surface area contributed by atoms with Crippen LogP contribution in [0.4, 0.5) is 5.69 Å². The first-order valence-electron chi connectivity index (χ1n) is 9.98. The first kappa shape index (κ1) is 17.8. The second-order valence-corrected chi connectivity index (χ2v) is 7.83. The van der Waals surface area contributed by atoms with E-state index in [9.17, 15) is 9.59 Å². The fourth-order valence-corrected chi connectivity index (χ4v) is 3.98. The zero-order chi connectivity index (χ0) is 18.8. The first-order valence-corrected chi connectivity index (χ1v) is 9.98. The lowest BCUT2D eigenvalue weighted by atomic mass is 9.98. The summed E-state index contributed by atoms with van der Waals surface area (Å²) in [6.45, 7) is 4.57. The molecule has 0 aromatic heterocycles. The third-order valence-electron chi connectivity index (χ3n) is 5.96. The average Bonchev–Trinajstić information content (AvgIpc) is 3.58. The summed E-state index contributed by atoms with van der Waals surface area (Å²) < 4.78 is 0. The van der Waals surface area contributed by atoms with E-state index in [0.717, 1.165) is 57.5 Å². The minimum atomic E-state index is 0.0535. The lowest BCUT2D eigenvalue weighted by molar-refractivity contribution is -0.132. The molecule has 0 spiro atoms. The number of carbonyl (C=O) groups is 2. The summed E-state index contributed by atoms with van der Waals surface area (Å²) in [5, 5.41) is 8.98. The van der Waals surface area contributed by atoms with Gasteiger partial charge in [-0.3, -0.25) is 9.59 Å². The number of nitrogens with zero attached hydrogens (tertiary/aromatic N) is 4. The van der Waals surface area contributed by atoms with Crippen LogP contribution in [-0.4, -0.2) is 60.9 Å². The molecule has 3 fully saturated rings. The van der Waals surface area contributed by atoms with Crippen molar-refractivity contribution in [3.05, 3.63) is 29.8 Å². The van der Waals surface area contributed by atoms with Gasteiger partial charge >= 0.3 is 0 Å². The van der Waals surface area contributed by atoms with Gasteiger partial charge in [0.25, 0.3) is 5.91 Å². The number of hydrogen-bond acceptors (Lipinski definition) is 4. The van der Waals surface area contributed by atoms with Gasteiger partial charge in [-0.15, -0.1) is 0 Å². The monoisotopic (exact) mass is 366 g/mol. The van der Waals surface area contributed by atoms with Gasteiger partial charge in [0.05, 0.1) is 6.07 Å². The average molecular weight is 366 g/mol. The number of nitriles is 1. The van der Waals surface area contributed by atoms with Crippen molar-refractivity contribution in [2.24, 2.45) is 11.8 Å². The summed E-state index contributed by atoms with van der Waals surface area (Å²) in [5.41, 5.74) is 1.81. The van der Waals surface area contributed by atoms with Crippen molar-refractivity contribution in [3.8, 4) is 6.07 Å². The summed E-state index contributed by atoms with van der Waals surface area (Å²) in [4.78, 5) is 30.9. The van der Waals surface area contributed by atoms with Crippen molar-refractivity contribution in [1.29, 1.82) is 5.26 Å². The summed E-state index contributed by atoms with van der Waals surface area (Å²) in [6.07, 6.45) is 3.65. The molecule has 2 amide bonds. The number of anilines is 1. The maximum absolute atomic E-state index is 12.7. The predicted molar refractivity (Wildman–Crippen MR) is 102 cm³/mol. The van der Waals surface area contributed by atoms with Crippen LogP contribution < -0.4 is 4.90 Å². The summed E-state index contributed by atoms with van der Waals surface area (Å²) in [6, 6.07) is 10.1. The van der Waals surface area contributed by atoms with E-state index in [4.69, 9.17) is 5.26 Å². The van der Waals surface area contributed by atoms with Gasteiger partial charge in [0.15, 0.2) is 0 Å². The molecule has 0 bridgehead atoms. The van der Waals surface area contributed by atoms with E-state index in [2.05, 4.69) is 11.0 Å². The van der Waals surface area contributed by atoms with Crippen LogP contribution in [0.5, 0.6) is 0 Å². The Morgan fingerprint density at radius 2 is 1.48 bits per heavy atom. The number of rotatable bonds is 3. The molecule has 142 valence electrons. The van der Waals surface area contributed by atoms with Crippen LogP contribution in [0.15, 0.2) is 24.3 Å². The zero-order valence-corrected chi connectivity index (χ0v) is 15.6. The Hall–Kier alpha value is -2.55. The van der Waals surface area contributed by atoms with Gasteiger partial charge in [-0.1, -0.05) is 0 Å². The normalized spacial score (nSPS) is 21.1. The second kappa shape index (κ2) is 7.59. The summed E-state index contributed by atoms with van der Waals surface area (Å²) in [7, 11) is 0. The number of benzene rings is 1. The molecule has 4 rings (SSSR count). The van der Waals surface area contributed by atoms with Crippen LogP contribution >= 0.6 is 0 Å². The molecule has 2 aliphatic heterocycles. The summed E-state index contributed by atoms with van der Waals surface area (Å²) >= 11 is 0. The molecule has 2 saturated heterocycles. The fourth-order valence-electron chi connectivity index (χ4n) is 3.98. The molecule has 1 aromatic carbocycles. The molecule has 1 aliphatic carbocycles. The van der Waals surface area contributed by atoms with E-state index in [1.807, 2.05) is 34.1 Å². The van der Waals surface area contributed by atoms with Crippen LogP contribution in [0.2, 0.25) is 0 Å². The van der Waals surface area contributed by atoms with Crippen molar-refractivity contribution >= 4 is 17.5 Å². The van der Waals surface area contributed by atoms with Crippen LogP contribution in [-0.2, 0) is 4.79 Å². The molecule has 1 aromatic rings. The number of piperazine rings is 1. The molecule has 6 heteroatoms. The molecular weight excluding hydrogens is 340 g/mol. The third-order valence-corrected chi connectivity index (χ3v) is 5.96. The lowest BCUT2D eigenvalue weighted by Crippen LogP contribution is -2.49. The molecule has 0 radical (unpaired) electrons. The van der Waals surface area contributed by atoms with Crippen molar-refractivity contribution in [3.63, 3.8) is 0 Å². The Kier molecular flexibility index (Phi) is 5.02. The zero-order valence-electron chi connectivity index (χ0n) is 15.6. The molecule has 27 heavy (non-hydrogen) atoms. The third kappa shape index (κ3) is 3.92.